The lowest BCUT2D eigenvalue weighted by Crippen LogP contribution is -2.05. The maximum Gasteiger partial charge on any atom is 0.0670 e. The first-order valence-electron chi connectivity index (χ1n) is 7.29. The predicted molar refractivity (Wildman–Crippen MR) is 79.9 cm³/mol. The largest absolute Gasteiger partial charge is 0.398 e. The van der Waals surface area contributed by atoms with E-state index in [1.807, 2.05) is 18.2 Å². The summed E-state index contributed by atoms with van der Waals surface area (Å²) in [5.74, 6) is 0.961. The zero-order chi connectivity index (χ0) is 13.5. The highest BCUT2D eigenvalue weighted by atomic mass is 14.9. The summed E-state index contributed by atoms with van der Waals surface area (Å²) in [6.07, 6.45) is 8.64. The smallest absolute Gasteiger partial charge is 0.0670 e. The van der Waals surface area contributed by atoms with Crippen molar-refractivity contribution in [1.82, 2.24) is 0 Å². The van der Waals surface area contributed by atoms with Crippen LogP contribution in [0.3, 0.4) is 0 Å². The Hall–Kier alpha value is -1.69. The van der Waals surface area contributed by atoms with Gasteiger partial charge in [-0.1, -0.05) is 25.7 Å². The van der Waals surface area contributed by atoms with Crippen LogP contribution in [0.1, 0.15) is 44.1 Å². The molecule has 3 N–H and O–H groups in total. The van der Waals surface area contributed by atoms with Crippen molar-refractivity contribution in [3.05, 3.63) is 23.8 Å². The number of nitrogens with two attached hydrogens (primary N) is 1. The van der Waals surface area contributed by atoms with Gasteiger partial charge in [0.25, 0.3) is 0 Å². The van der Waals surface area contributed by atoms with Crippen LogP contribution in [0.4, 0.5) is 11.4 Å². The van der Waals surface area contributed by atoms with E-state index in [1.54, 1.807) is 0 Å². The zero-order valence-electron chi connectivity index (χ0n) is 11.5. The van der Waals surface area contributed by atoms with Gasteiger partial charge in [0.15, 0.2) is 0 Å². The second-order valence-corrected chi connectivity index (χ2v) is 5.47. The number of nitrogens with one attached hydrogen (secondary N) is 1. The van der Waals surface area contributed by atoms with Crippen molar-refractivity contribution in [2.45, 2.75) is 44.9 Å². The monoisotopic (exact) mass is 257 g/mol. The first kappa shape index (κ1) is 13.7. The molecular formula is C16H23N3. The molecule has 102 valence electrons. The minimum atomic E-state index is 0.378. The van der Waals surface area contributed by atoms with Gasteiger partial charge < -0.3 is 11.1 Å². The molecule has 0 radical (unpaired) electrons. The van der Waals surface area contributed by atoms with Crippen LogP contribution in [0.5, 0.6) is 0 Å². The van der Waals surface area contributed by atoms with Crippen LogP contribution in [-0.2, 0) is 6.42 Å². The molecule has 0 heterocycles. The second-order valence-electron chi connectivity index (χ2n) is 5.47. The Bertz CT molecular complexity index is 442. The van der Waals surface area contributed by atoms with E-state index in [-0.39, 0.29) is 0 Å². The number of benzene rings is 1. The zero-order valence-corrected chi connectivity index (χ0v) is 11.5. The van der Waals surface area contributed by atoms with E-state index in [4.69, 9.17) is 11.0 Å². The van der Waals surface area contributed by atoms with E-state index < -0.39 is 0 Å². The van der Waals surface area contributed by atoms with Gasteiger partial charge in [0.2, 0.25) is 0 Å². The van der Waals surface area contributed by atoms with E-state index in [1.165, 1.54) is 38.5 Å². The number of nitrogens with zero attached hydrogens (tertiary/aromatic N) is 1. The molecule has 1 aromatic carbocycles. The minimum absolute atomic E-state index is 0.378. The molecule has 1 aromatic rings. The van der Waals surface area contributed by atoms with E-state index in [2.05, 4.69) is 11.4 Å². The number of hydrogen-bond acceptors (Lipinski definition) is 3. The summed E-state index contributed by atoms with van der Waals surface area (Å²) in [5.41, 5.74) is 8.54. The molecule has 1 saturated carbocycles. The lowest BCUT2D eigenvalue weighted by Gasteiger charge is -2.11. The van der Waals surface area contributed by atoms with Gasteiger partial charge in [0.05, 0.1) is 12.5 Å². The molecule has 0 unspecified atom stereocenters. The normalized spacial score (nSPS) is 15.3. The number of hydrogen-bond donors (Lipinski definition) is 2. The van der Waals surface area contributed by atoms with Crippen LogP contribution in [-0.4, -0.2) is 6.54 Å². The molecule has 0 amide bonds. The molecule has 3 nitrogen and oxygen atoms in total. The molecule has 3 heteroatoms. The minimum Gasteiger partial charge on any atom is -0.398 e. The van der Waals surface area contributed by atoms with Crippen molar-refractivity contribution in [3.63, 3.8) is 0 Å². The maximum absolute atomic E-state index is 8.74. The Balaban J connectivity index is 1.76. The van der Waals surface area contributed by atoms with Crippen LogP contribution in [0.15, 0.2) is 18.2 Å². The summed E-state index contributed by atoms with van der Waals surface area (Å²) in [5, 5.41) is 12.2. The number of nitriles is 1. The van der Waals surface area contributed by atoms with Gasteiger partial charge in [-0.05, 0) is 42.5 Å². The predicted octanol–water partition coefficient (Wildman–Crippen LogP) is 3.72. The Morgan fingerprint density at radius 2 is 2.11 bits per heavy atom. The van der Waals surface area contributed by atoms with Crippen LogP contribution >= 0.6 is 0 Å². The molecule has 1 fully saturated rings. The highest BCUT2D eigenvalue weighted by molar-refractivity contribution is 5.57. The third-order valence-electron chi connectivity index (χ3n) is 4.01. The first-order valence-corrected chi connectivity index (χ1v) is 7.29. The fourth-order valence-corrected chi connectivity index (χ4v) is 2.88. The van der Waals surface area contributed by atoms with Crippen LogP contribution < -0.4 is 11.1 Å². The number of rotatable bonds is 6. The Kier molecular flexibility index (Phi) is 5.09. The van der Waals surface area contributed by atoms with E-state index in [0.717, 1.165) is 23.7 Å². The van der Waals surface area contributed by atoms with Crippen molar-refractivity contribution in [1.29, 1.82) is 5.26 Å². The summed E-state index contributed by atoms with van der Waals surface area (Å²) >= 11 is 0. The number of anilines is 2. The van der Waals surface area contributed by atoms with Crippen LogP contribution in [0.25, 0.3) is 0 Å². The van der Waals surface area contributed by atoms with E-state index >= 15 is 0 Å². The van der Waals surface area contributed by atoms with Crippen molar-refractivity contribution in [2.24, 2.45) is 5.92 Å². The van der Waals surface area contributed by atoms with Gasteiger partial charge in [-0.2, -0.15) is 5.26 Å². The highest BCUT2D eigenvalue weighted by Gasteiger charge is 2.13. The molecular weight excluding hydrogens is 234 g/mol. The molecule has 2 rings (SSSR count). The third kappa shape index (κ3) is 4.17. The molecule has 0 spiro atoms. The van der Waals surface area contributed by atoms with Crippen molar-refractivity contribution in [3.8, 4) is 6.07 Å². The summed E-state index contributed by atoms with van der Waals surface area (Å²) in [6.45, 7) is 1.01. The van der Waals surface area contributed by atoms with E-state index in [9.17, 15) is 0 Å². The molecule has 0 atom stereocenters. The quantitative estimate of drug-likeness (QED) is 0.603. The average molecular weight is 257 g/mol. The topological polar surface area (TPSA) is 61.8 Å². The van der Waals surface area contributed by atoms with Gasteiger partial charge >= 0.3 is 0 Å². The molecule has 0 bridgehead atoms. The van der Waals surface area contributed by atoms with Gasteiger partial charge in [0, 0.05) is 17.9 Å². The molecule has 0 aliphatic heterocycles. The van der Waals surface area contributed by atoms with Gasteiger partial charge in [-0.3, -0.25) is 0 Å². The van der Waals surface area contributed by atoms with Crippen LogP contribution in [0.2, 0.25) is 0 Å². The van der Waals surface area contributed by atoms with Gasteiger partial charge in [-0.15, -0.1) is 0 Å². The van der Waals surface area contributed by atoms with Gasteiger partial charge in [-0.25, -0.2) is 0 Å². The Morgan fingerprint density at radius 3 is 2.84 bits per heavy atom. The second kappa shape index (κ2) is 7.04. The summed E-state index contributed by atoms with van der Waals surface area (Å²) in [4.78, 5) is 0. The van der Waals surface area contributed by atoms with Crippen LogP contribution in [0, 0.1) is 17.2 Å². The lowest BCUT2D eigenvalue weighted by atomic mass is 10.0. The number of nitrogen functional groups attached to an aromatic ring is 1. The molecule has 0 aromatic heterocycles. The van der Waals surface area contributed by atoms with Crippen molar-refractivity contribution < 1.29 is 0 Å². The standard InChI is InChI=1S/C16H23N3/c17-10-9-14-12-15(7-8-16(14)18)19-11-3-6-13-4-1-2-5-13/h7-8,12-13,19H,1-6,9,11,18H2. The molecule has 1 aliphatic rings. The lowest BCUT2D eigenvalue weighted by molar-refractivity contribution is 0.491. The third-order valence-corrected chi connectivity index (χ3v) is 4.01. The summed E-state index contributed by atoms with van der Waals surface area (Å²) < 4.78 is 0. The first-order chi connectivity index (χ1) is 9.29. The van der Waals surface area contributed by atoms with Crippen molar-refractivity contribution in [2.75, 3.05) is 17.6 Å². The fraction of sp³-hybridized carbons (Fsp3) is 0.562. The van der Waals surface area contributed by atoms with E-state index in [0.29, 0.717) is 12.1 Å². The Morgan fingerprint density at radius 1 is 1.32 bits per heavy atom. The summed E-state index contributed by atoms with van der Waals surface area (Å²) in [6, 6.07) is 8.02. The highest BCUT2D eigenvalue weighted by Crippen LogP contribution is 2.28. The molecule has 1 aliphatic carbocycles. The molecule has 19 heavy (non-hydrogen) atoms. The summed E-state index contributed by atoms with van der Waals surface area (Å²) in [7, 11) is 0. The SMILES string of the molecule is N#CCc1cc(NCCCC2CCCC2)ccc1N. The van der Waals surface area contributed by atoms with Gasteiger partial charge in [0.1, 0.15) is 0 Å². The molecule has 0 saturated heterocycles. The Labute approximate surface area is 115 Å². The van der Waals surface area contributed by atoms with Crippen molar-refractivity contribution >= 4 is 11.4 Å². The average Bonchev–Trinajstić information content (AvgIpc) is 2.92. The maximum atomic E-state index is 8.74. The fourth-order valence-electron chi connectivity index (χ4n) is 2.88.